The molecule has 0 heterocycles. The number of aryl methyl sites for hydroxylation is 8. The third-order valence-electron chi connectivity index (χ3n) is 11.1. The van der Waals surface area contributed by atoms with Crippen molar-refractivity contribution in [2.45, 2.75) is 55.4 Å². The number of hydrogen-bond acceptors (Lipinski definition) is 2. The zero-order valence-electron chi connectivity index (χ0n) is 33.5. The maximum atomic E-state index is 11.3. The molecular weight excluding hydrogens is 719 g/mol. The van der Waals surface area contributed by atoms with Crippen molar-refractivity contribution < 1.29 is 10.2 Å². The fraction of sp³-hybridized carbons (Fsp3) is 0.154. The molecule has 0 saturated carbocycles. The van der Waals surface area contributed by atoms with Crippen molar-refractivity contribution in [3.63, 3.8) is 0 Å². The van der Waals surface area contributed by atoms with Gasteiger partial charge in [0, 0.05) is 0 Å². The van der Waals surface area contributed by atoms with Gasteiger partial charge in [0.05, 0.1) is 0 Å². The van der Waals surface area contributed by atoms with Crippen LogP contribution < -0.4 is 31.8 Å². The number of phenolic OH excluding ortho intramolecular Hbond substituents is 2. The van der Waals surface area contributed by atoms with Gasteiger partial charge in [0.15, 0.2) is 0 Å². The van der Waals surface area contributed by atoms with E-state index in [0.29, 0.717) is 0 Å². The molecule has 8 aromatic carbocycles. The molecule has 0 spiro atoms. The molecule has 0 aromatic heterocycles. The van der Waals surface area contributed by atoms with Crippen LogP contribution >= 0.6 is 15.8 Å². The van der Waals surface area contributed by atoms with E-state index in [0.717, 1.165) is 32.7 Å². The molecule has 56 heavy (non-hydrogen) atoms. The zero-order chi connectivity index (χ0) is 39.4. The maximum Gasteiger partial charge on any atom is 0.116 e. The molecule has 0 amide bonds. The van der Waals surface area contributed by atoms with E-state index in [2.05, 4.69) is 152 Å². The molecule has 4 heteroatoms. The molecule has 0 saturated heterocycles. The Kier molecular flexibility index (Phi) is 10.1. The van der Waals surface area contributed by atoms with E-state index in [9.17, 15) is 10.2 Å². The molecule has 0 radical (unpaired) electrons. The smallest absolute Gasteiger partial charge is 0.116 e. The van der Waals surface area contributed by atoms with Crippen LogP contribution in [0.5, 0.6) is 11.5 Å². The first-order chi connectivity index (χ1) is 26.9. The lowest BCUT2D eigenvalue weighted by atomic mass is 9.93. The molecule has 0 unspecified atom stereocenters. The summed E-state index contributed by atoms with van der Waals surface area (Å²) in [6.45, 7) is 17.6. The highest BCUT2D eigenvalue weighted by molar-refractivity contribution is 7.81. The van der Waals surface area contributed by atoms with E-state index < -0.39 is 15.8 Å². The van der Waals surface area contributed by atoms with Crippen LogP contribution in [-0.4, -0.2) is 10.2 Å². The summed E-state index contributed by atoms with van der Waals surface area (Å²) in [4.78, 5) is 0. The standard InChI is InChI=1S/C52H48O2P2/c1-31-9-19-45(35(5)25-31)55(46-20-10-32(2)26-36(46)6)49-23-15-39-13-17-41(53)29-43(39)51(49)52-44-30-42(54)18-14-40(44)16-24-50(52)56(47-21-11-33(3)27-37(47)7)48-22-12-34(4)28-38(48)8/h9-30,53-54H,1-8H3. The minimum Gasteiger partial charge on any atom is -0.508 e. The lowest BCUT2D eigenvalue weighted by Gasteiger charge is -2.30. The second-order valence-corrected chi connectivity index (χ2v) is 19.8. The van der Waals surface area contributed by atoms with E-state index in [-0.39, 0.29) is 11.5 Å². The molecule has 0 aliphatic rings. The Morgan fingerprint density at radius 3 is 0.857 bits per heavy atom. The summed E-state index contributed by atoms with van der Waals surface area (Å²) in [6, 6.07) is 48.3. The first-order valence-electron chi connectivity index (χ1n) is 19.3. The van der Waals surface area contributed by atoms with E-state index in [1.54, 1.807) is 12.1 Å². The number of rotatable bonds is 7. The Bertz CT molecular complexity index is 2540. The van der Waals surface area contributed by atoms with Crippen LogP contribution in [0.3, 0.4) is 0 Å². The van der Waals surface area contributed by atoms with E-state index >= 15 is 0 Å². The van der Waals surface area contributed by atoms with Crippen molar-refractivity contribution in [1.82, 2.24) is 0 Å². The van der Waals surface area contributed by atoms with Crippen molar-refractivity contribution in [3.8, 4) is 22.6 Å². The van der Waals surface area contributed by atoms with Crippen LogP contribution in [0.4, 0.5) is 0 Å². The second kappa shape index (κ2) is 15.0. The lowest BCUT2D eigenvalue weighted by Crippen LogP contribution is -2.29. The molecule has 0 aliphatic carbocycles. The highest BCUT2D eigenvalue weighted by atomic mass is 31.1. The zero-order valence-corrected chi connectivity index (χ0v) is 35.3. The van der Waals surface area contributed by atoms with Crippen LogP contribution in [0.2, 0.25) is 0 Å². The topological polar surface area (TPSA) is 40.5 Å². The summed E-state index contributed by atoms with van der Waals surface area (Å²) >= 11 is 0. The van der Waals surface area contributed by atoms with Crippen molar-refractivity contribution in [2.75, 3.05) is 0 Å². The Hall–Kier alpha value is -5.26. The van der Waals surface area contributed by atoms with Gasteiger partial charge in [0.25, 0.3) is 0 Å². The van der Waals surface area contributed by atoms with Gasteiger partial charge in [0.2, 0.25) is 0 Å². The van der Waals surface area contributed by atoms with E-state index in [1.165, 1.54) is 76.3 Å². The second-order valence-electron chi connectivity index (χ2n) is 15.6. The van der Waals surface area contributed by atoms with Gasteiger partial charge in [-0.15, -0.1) is 0 Å². The van der Waals surface area contributed by atoms with Crippen molar-refractivity contribution in [2.24, 2.45) is 0 Å². The molecular formula is C52H48O2P2. The van der Waals surface area contributed by atoms with Crippen molar-refractivity contribution in [3.05, 3.63) is 178 Å². The van der Waals surface area contributed by atoms with Gasteiger partial charge in [0.1, 0.15) is 11.5 Å². The molecule has 2 N–H and O–H groups in total. The third kappa shape index (κ3) is 6.92. The summed E-state index contributed by atoms with van der Waals surface area (Å²) in [7, 11) is -2.20. The Labute approximate surface area is 334 Å². The highest BCUT2D eigenvalue weighted by Gasteiger charge is 2.30. The molecule has 8 rings (SSSR count). The van der Waals surface area contributed by atoms with Gasteiger partial charge >= 0.3 is 0 Å². The summed E-state index contributed by atoms with van der Waals surface area (Å²) < 4.78 is 0. The molecule has 278 valence electrons. The summed E-state index contributed by atoms with van der Waals surface area (Å²) in [5, 5.41) is 34.4. The quantitative estimate of drug-likeness (QED) is 0.159. The number of phenols is 2. The number of benzene rings is 8. The summed E-state index contributed by atoms with van der Waals surface area (Å²) in [5.74, 6) is 0.461. The molecule has 2 nitrogen and oxygen atoms in total. The fourth-order valence-electron chi connectivity index (χ4n) is 8.49. The SMILES string of the molecule is Cc1ccc(P(c2ccc(C)cc2C)c2ccc3ccc(O)cc3c2-c2c(P(c3ccc(C)cc3C)c3ccc(C)cc3C)ccc3ccc(O)cc23)c(C)c1. The summed E-state index contributed by atoms with van der Waals surface area (Å²) in [6.07, 6.45) is 0. The minimum atomic E-state index is -1.10. The van der Waals surface area contributed by atoms with E-state index in [4.69, 9.17) is 0 Å². The minimum absolute atomic E-state index is 0.230. The predicted molar refractivity (Wildman–Crippen MR) is 246 cm³/mol. The van der Waals surface area contributed by atoms with Crippen LogP contribution in [0, 0.1) is 55.4 Å². The molecule has 0 atom stereocenters. The predicted octanol–water partition coefficient (Wildman–Crippen LogP) is 11.1. The molecule has 0 fully saturated rings. The largest absolute Gasteiger partial charge is 0.508 e. The van der Waals surface area contributed by atoms with Crippen molar-refractivity contribution >= 4 is 69.2 Å². The first-order valence-corrected chi connectivity index (χ1v) is 22.0. The number of fused-ring (bicyclic) bond motifs is 2. The normalized spacial score (nSPS) is 11.7. The van der Waals surface area contributed by atoms with E-state index in [1.807, 2.05) is 24.3 Å². The van der Waals surface area contributed by atoms with Gasteiger partial charge in [-0.1, -0.05) is 131 Å². The van der Waals surface area contributed by atoms with Gasteiger partial charge in [-0.3, -0.25) is 0 Å². The van der Waals surface area contributed by atoms with Crippen LogP contribution in [0.25, 0.3) is 32.7 Å². The number of aromatic hydroxyl groups is 2. The monoisotopic (exact) mass is 766 g/mol. The third-order valence-corrected chi connectivity index (χ3v) is 16.7. The maximum absolute atomic E-state index is 11.3. The lowest BCUT2D eigenvalue weighted by molar-refractivity contribution is 0.475. The van der Waals surface area contributed by atoms with Crippen LogP contribution in [0.1, 0.15) is 44.5 Å². The van der Waals surface area contributed by atoms with Crippen molar-refractivity contribution in [1.29, 1.82) is 0 Å². The van der Waals surface area contributed by atoms with Gasteiger partial charge in [-0.2, -0.15) is 0 Å². The fourth-order valence-corrected chi connectivity index (χ4v) is 14.0. The van der Waals surface area contributed by atoms with Gasteiger partial charge in [-0.25, -0.2) is 0 Å². The Balaban J connectivity index is 1.59. The number of hydrogen-bond donors (Lipinski definition) is 2. The molecule has 0 bridgehead atoms. The first kappa shape index (κ1) is 37.7. The van der Waals surface area contributed by atoms with Gasteiger partial charge in [-0.05, 0) is 182 Å². The Morgan fingerprint density at radius 2 is 0.571 bits per heavy atom. The average molecular weight is 767 g/mol. The van der Waals surface area contributed by atoms with Crippen LogP contribution in [-0.2, 0) is 0 Å². The average Bonchev–Trinajstić information content (AvgIpc) is 3.14. The highest BCUT2D eigenvalue weighted by Crippen LogP contribution is 2.48. The molecule has 8 aromatic rings. The molecule has 0 aliphatic heterocycles. The summed E-state index contributed by atoms with van der Waals surface area (Å²) in [5.41, 5.74) is 12.2. The Morgan fingerprint density at radius 1 is 0.304 bits per heavy atom. The van der Waals surface area contributed by atoms with Crippen LogP contribution in [0.15, 0.2) is 133 Å². The van der Waals surface area contributed by atoms with Gasteiger partial charge < -0.3 is 10.2 Å².